The van der Waals surface area contributed by atoms with Crippen molar-refractivity contribution in [2.24, 2.45) is 0 Å². The van der Waals surface area contributed by atoms with Gasteiger partial charge < -0.3 is 9.59 Å². The summed E-state index contributed by atoms with van der Waals surface area (Å²) in [5.41, 5.74) is 0. The molecule has 0 amide bonds. The predicted molar refractivity (Wildman–Crippen MR) is 98.7 cm³/mol. The summed E-state index contributed by atoms with van der Waals surface area (Å²) in [4.78, 5) is 22.4. The third-order valence-corrected chi connectivity index (χ3v) is 9.28. The van der Waals surface area contributed by atoms with Crippen LogP contribution < -0.4 is 10.4 Å². The molecule has 122 valence electrons. The first-order chi connectivity index (χ1) is 11.0. The minimum atomic E-state index is -2.88. The van der Waals surface area contributed by atoms with Gasteiger partial charge in [0, 0.05) is 6.42 Å². The molecule has 0 aliphatic heterocycles. The summed E-state index contributed by atoms with van der Waals surface area (Å²) in [7, 11) is -2.88. The Morgan fingerprint density at radius 3 is 1.83 bits per heavy atom. The van der Waals surface area contributed by atoms with Gasteiger partial charge in [-0.05, 0) is 28.3 Å². The van der Waals surface area contributed by atoms with Crippen LogP contribution in [-0.4, -0.2) is 19.4 Å². The lowest BCUT2D eigenvalue weighted by Crippen LogP contribution is -2.65. The van der Waals surface area contributed by atoms with E-state index in [1.165, 1.54) is 0 Å². The SMILES string of the molecule is CC(C)(CCCCC=O)[Si](O)(c1ccccc1)c1ccccc1. The molecule has 0 saturated heterocycles. The van der Waals surface area contributed by atoms with E-state index in [9.17, 15) is 9.59 Å². The summed E-state index contributed by atoms with van der Waals surface area (Å²) >= 11 is 0. The highest BCUT2D eigenvalue weighted by Gasteiger charge is 2.49. The minimum Gasteiger partial charge on any atom is -0.424 e. The normalized spacial score (nSPS) is 12.1. The number of aldehydes is 1. The molecule has 0 aromatic heterocycles. The van der Waals surface area contributed by atoms with Gasteiger partial charge in [-0.15, -0.1) is 0 Å². The van der Waals surface area contributed by atoms with Gasteiger partial charge in [0.2, 0.25) is 0 Å². The first-order valence-electron chi connectivity index (χ1n) is 8.29. The van der Waals surface area contributed by atoms with E-state index in [0.717, 1.165) is 35.9 Å². The van der Waals surface area contributed by atoms with Crippen LogP contribution in [0, 0.1) is 0 Å². The zero-order chi connectivity index (χ0) is 16.8. The maximum absolute atomic E-state index is 11.9. The van der Waals surface area contributed by atoms with E-state index in [1.54, 1.807) is 0 Å². The van der Waals surface area contributed by atoms with E-state index in [0.29, 0.717) is 6.42 Å². The monoisotopic (exact) mass is 326 g/mol. The number of hydrogen-bond donors (Lipinski definition) is 1. The van der Waals surface area contributed by atoms with Crippen LogP contribution in [0.4, 0.5) is 0 Å². The van der Waals surface area contributed by atoms with Crippen LogP contribution >= 0.6 is 0 Å². The van der Waals surface area contributed by atoms with Crippen LogP contribution in [0.5, 0.6) is 0 Å². The summed E-state index contributed by atoms with van der Waals surface area (Å²) in [6.45, 7) is 4.33. The molecular weight excluding hydrogens is 300 g/mol. The molecule has 23 heavy (non-hydrogen) atoms. The molecule has 2 nitrogen and oxygen atoms in total. The van der Waals surface area contributed by atoms with Crippen LogP contribution in [-0.2, 0) is 4.79 Å². The zero-order valence-corrected chi connectivity index (χ0v) is 15.0. The molecule has 0 radical (unpaired) electrons. The summed E-state index contributed by atoms with van der Waals surface area (Å²) in [5, 5.41) is 1.89. The first-order valence-corrected chi connectivity index (χ1v) is 10.2. The third kappa shape index (κ3) is 3.79. The number of unbranched alkanes of at least 4 members (excludes halogenated alkanes) is 2. The molecule has 0 heterocycles. The number of hydrogen-bond acceptors (Lipinski definition) is 2. The minimum absolute atomic E-state index is 0.210. The Balaban J connectivity index is 2.39. The van der Waals surface area contributed by atoms with Gasteiger partial charge in [-0.25, -0.2) is 0 Å². The van der Waals surface area contributed by atoms with Crippen LogP contribution in [0.25, 0.3) is 0 Å². The standard InChI is InChI=1S/C20H26O2Si/c1-20(2,16-10-5-11-17-21)23(22,18-12-6-3-7-13-18)19-14-8-4-9-15-19/h3-4,6-9,12-15,17,22H,5,10-11,16H2,1-2H3. The lowest BCUT2D eigenvalue weighted by Gasteiger charge is -2.41. The second kappa shape index (κ2) is 7.71. The molecule has 0 unspecified atom stereocenters. The van der Waals surface area contributed by atoms with Crippen molar-refractivity contribution in [3.63, 3.8) is 0 Å². The Bertz CT molecular complexity index is 569. The van der Waals surface area contributed by atoms with E-state index in [1.807, 2.05) is 60.7 Å². The van der Waals surface area contributed by atoms with Gasteiger partial charge >= 0.3 is 0 Å². The smallest absolute Gasteiger partial charge is 0.258 e. The molecule has 0 spiro atoms. The van der Waals surface area contributed by atoms with Crippen molar-refractivity contribution in [2.45, 2.75) is 44.6 Å². The fraction of sp³-hybridized carbons (Fsp3) is 0.350. The van der Waals surface area contributed by atoms with Crippen LogP contribution in [0.2, 0.25) is 5.04 Å². The molecular formula is C20H26O2Si. The lowest BCUT2D eigenvalue weighted by atomic mass is 10.0. The number of carbonyl (C=O) groups is 1. The van der Waals surface area contributed by atoms with Crippen molar-refractivity contribution >= 4 is 25.0 Å². The molecule has 2 aromatic rings. The Morgan fingerprint density at radius 2 is 1.39 bits per heavy atom. The van der Waals surface area contributed by atoms with Gasteiger partial charge in [0.1, 0.15) is 6.29 Å². The van der Waals surface area contributed by atoms with Crippen molar-refractivity contribution in [2.75, 3.05) is 0 Å². The fourth-order valence-electron chi connectivity index (χ4n) is 3.28. The molecule has 2 aromatic carbocycles. The molecule has 0 bridgehead atoms. The van der Waals surface area contributed by atoms with Crippen molar-refractivity contribution in [3.8, 4) is 0 Å². The Labute approximate surface area is 140 Å². The maximum atomic E-state index is 11.9. The average Bonchev–Trinajstić information content (AvgIpc) is 2.59. The Hall–Kier alpha value is -1.71. The Morgan fingerprint density at radius 1 is 0.913 bits per heavy atom. The lowest BCUT2D eigenvalue weighted by molar-refractivity contribution is -0.107. The summed E-state index contributed by atoms with van der Waals surface area (Å²) in [5.74, 6) is 0. The van der Waals surface area contributed by atoms with Gasteiger partial charge in [-0.2, -0.15) is 0 Å². The first kappa shape index (κ1) is 17.6. The van der Waals surface area contributed by atoms with E-state index in [4.69, 9.17) is 0 Å². The van der Waals surface area contributed by atoms with Gasteiger partial charge in [-0.3, -0.25) is 0 Å². The van der Waals surface area contributed by atoms with Crippen molar-refractivity contribution in [1.82, 2.24) is 0 Å². The fourth-order valence-corrected chi connectivity index (χ4v) is 7.07. The van der Waals surface area contributed by atoms with Gasteiger partial charge in [0.15, 0.2) is 0 Å². The Kier molecular flexibility index (Phi) is 5.91. The molecule has 1 N–H and O–H groups in total. The highest BCUT2D eigenvalue weighted by Crippen LogP contribution is 2.40. The molecule has 2 rings (SSSR count). The number of benzene rings is 2. The number of rotatable bonds is 8. The van der Waals surface area contributed by atoms with Crippen molar-refractivity contribution < 1.29 is 9.59 Å². The topological polar surface area (TPSA) is 37.3 Å². The zero-order valence-electron chi connectivity index (χ0n) is 14.0. The summed E-state index contributed by atoms with van der Waals surface area (Å²) in [6, 6.07) is 20.2. The maximum Gasteiger partial charge on any atom is 0.258 e. The van der Waals surface area contributed by atoms with Crippen LogP contribution in [0.15, 0.2) is 60.7 Å². The van der Waals surface area contributed by atoms with Crippen LogP contribution in [0.1, 0.15) is 39.5 Å². The largest absolute Gasteiger partial charge is 0.424 e. The van der Waals surface area contributed by atoms with E-state index in [2.05, 4.69) is 13.8 Å². The van der Waals surface area contributed by atoms with E-state index in [-0.39, 0.29) is 5.04 Å². The van der Waals surface area contributed by atoms with Gasteiger partial charge in [-0.1, -0.05) is 80.9 Å². The molecule has 0 aliphatic carbocycles. The highest BCUT2D eigenvalue weighted by molar-refractivity contribution is 6.98. The number of carbonyl (C=O) groups excluding carboxylic acids is 1. The summed E-state index contributed by atoms with van der Waals surface area (Å²) in [6.07, 6.45) is 4.34. The molecule has 0 aliphatic rings. The molecule has 3 heteroatoms. The van der Waals surface area contributed by atoms with Crippen molar-refractivity contribution in [3.05, 3.63) is 60.7 Å². The van der Waals surface area contributed by atoms with Crippen molar-refractivity contribution in [1.29, 1.82) is 0 Å². The average molecular weight is 327 g/mol. The highest BCUT2D eigenvalue weighted by atomic mass is 28.4. The quantitative estimate of drug-likeness (QED) is 0.459. The second-order valence-corrected chi connectivity index (χ2v) is 10.7. The van der Waals surface area contributed by atoms with Gasteiger partial charge in [0.05, 0.1) is 0 Å². The van der Waals surface area contributed by atoms with Crippen LogP contribution in [0.3, 0.4) is 0 Å². The molecule has 0 saturated carbocycles. The second-order valence-electron chi connectivity index (χ2n) is 6.74. The van der Waals surface area contributed by atoms with E-state index < -0.39 is 8.32 Å². The van der Waals surface area contributed by atoms with Gasteiger partial charge in [0.25, 0.3) is 8.32 Å². The third-order valence-electron chi connectivity index (χ3n) is 4.74. The molecule has 0 fully saturated rings. The predicted octanol–water partition coefficient (Wildman–Crippen LogP) is 3.28. The van der Waals surface area contributed by atoms with E-state index >= 15 is 0 Å². The summed E-state index contributed by atoms with van der Waals surface area (Å²) < 4.78 is 0. The molecule has 0 atom stereocenters.